The number of alkyl halides is 3. The van der Waals surface area contributed by atoms with Crippen molar-refractivity contribution in [2.75, 3.05) is 22.9 Å². The van der Waals surface area contributed by atoms with Crippen LogP contribution in [0.25, 0.3) is 0 Å². The fourth-order valence-corrected chi connectivity index (χ4v) is 4.33. The zero-order valence-electron chi connectivity index (χ0n) is 14.4. The number of nitrogens with one attached hydrogen (secondary N) is 1. The first-order chi connectivity index (χ1) is 13.3. The van der Waals surface area contributed by atoms with E-state index in [4.69, 9.17) is 5.21 Å². The first kappa shape index (κ1) is 18.8. The number of piperazine rings is 1. The lowest BCUT2D eigenvalue weighted by Gasteiger charge is -2.35. The number of nitrogens with zero attached hydrogens (tertiary/aromatic N) is 4. The molecule has 1 aromatic carbocycles. The summed E-state index contributed by atoms with van der Waals surface area (Å²) in [5.41, 5.74) is -1.86. The number of carbonyl (C=O) groups is 1. The summed E-state index contributed by atoms with van der Waals surface area (Å²) in [4.78, 5) is 24.1. The number of benzene rings is 1. The van der Waals surface area contributed by atoms with Crippen LogP contribution in [0.3, 0.4) is 0 Å². The maximum atomic E-state index is 12.6. The lowest BCUT2D eigenvalue weighted by molar-refractivity contribution is -0.0328. The summed E-state index contributed by atoms with van der Waals surface area (Å²) >= 11 is -0.111. The Balaban J connectivity index is 1.46. The van der Waals surface area contributed by atoms with Crippen molar-refractivity contribution in [3.63, 3.8) is 0 Å². The van der Waals surface area contributed by atoms with Gasteiger partial charge in [0.25, 0.3) is 5.91 Å². The molecule has 0 unspecified atom stereocenters. The Morgan fingerprint density at radius 1 is 1.18 bits per heavy atom. The highest BCUT2D eigenvalue weighted by atomic mass is 32.2. The number of thioether (sulfide) groups is 1. The van der Waals surface area contributed by atoms with E-state index in [1.165, 1.54) is 23.9 Å². The van der Waals surface area contributed by atoms with Crippen molar-refractivity contribution in [2.24, 2.45) is 0 Å². The van der Waals surface area contributed by atoms with Gasteiger partial charge >= 0.3 is 5.51 Å². The van der Waals surface area contributed by atoms with Gasteiger partial charge in [-0.25, -0.2) is 15.4 Å². The predicted molar refractivity (Wildman–Crippen MR) is 96.5 cm³/mol. The number of anilines is 2. The minimum atomic E-state index is -4.31. The molecule has 3 heterocycles. The van der Waals surface area contributed by atoms with Crippen LogP contribution in [0.5, 0.6) is 0 Å². The summed E-state index contributed by atoms with van der Waals surface area (Å²) in [5, 5.41) is 8.64. The summed E-state index contributed by atoms with van der Waals surface area (Å²) in [7, 11) is 0. The molecule has 1 amide bonds. The monoisotopic (exact) mass is 411 g/mol. The van der Waals surface area contributed by atoms with Crippen LogP contribution in [0.15, 0.2) is 41.6 Å². The standard InChI is InChI=1S/C17H16F3N5O2S/c18-17(19,20)28-14-3-1-2-11(5-14)24-8-13-4-12(24)9-25(13)16-21-6-10(7-22-16)15(26)23-27/h1-3,5-7,12-13,27H,4,8-9H2,(H,23,26)/t12-,13+/m1/s1. The number of aromatic nitrogens is 2. The molecule has 2 saturated heterocycles. The van der Waals surface area contributed by atoms with Crippen molar-refractivity contribution in [1.29, 1.82) is 0 Å². The zero-order valence-corrected chi connectivity index (χ0v) is 15.2. The molecule has 0 aliphatic carbocycles. The Hall–Kier alpha value is -2.53. The van der Waals surface area contributed by atoms with Crippen LogP contribution < -0.4 is 15.3 Å². The molecule has 2 aliphatic rings. The van der Waals surface area contributed by atoms with Gasteiger partial charge in [-0.1, -0.05) is 6.07 Å². The fourth-order valence-electron chi connectivity index (χ4n) is 3.74. The SMILES string of the molecule is O=C(NO)c1cnc(N2C[C@H]3C[C@H]2CN3c2cccc(SC(F)(F)F)c2)nc1. The van der Waals surface area contributed by atoms with Crippen molar-refractivity contribution in [2.45, 2.75) is 28.9 Å². The molecule has 148 valence electrons. The average Bonchev–Trinajstić information content (AvgIpc) is 3.27. The number of amides is 1. The van der Waals surface area contributed by atoms with Crippen molar-refractivity contribution >= 4 is 29.3 Å². The maximum absolute atomic E-state index is 12.6. The molecule has 2 aliphatic heterocycles. The van der Waals surface area contributed by atoms with E-state index in [1.54, 1.807) is 12.1 Å². The quantitative estimate of drug-likeness (QED) is 0.455. The minimum absolute atomic E-state index is 0.111. The van der Waals surface area contributed by atoms with E-state index >= 15 is 0 Å². The van der Waals surface area contributed by atoms with E-state index in [-0.39, 0.29) is 34.3 Å². The number of hydrogen-bond acceptors (Lipinski definition) is 7. The van der Waals surface area contributed by atoms with Gasteiger partial charge < -0.3 is 9.80 Å². The molecule has 28 heavy (non-hydrogen) atoms. The van der Waals surface area contributed by atoms with Crippen LogP contribution in [-0.4, -0.2) is 51.8 Å². The summed E-state index contributed by atoms with van der Waals surface area (Å²) in [5.74, 6) is -0.194. The number of hydrogen-bond donors (Lipinski definition) is 2. The lowest BCUT2D eigenvalue weighted by Crippen LogP contribution is -2.47. The van der Waals surface area contributed by atoms with Gasteiger partial charge in [-0.2, -0.15) is 13.2 Å². The van der Waals surface area contributed by atoms with E-state index in [0.29, 0.717) is 19.0 Å². The Bertz CT molecular complexity index is 880. The van der Waals surface area contributed by atoms with Crippen LogP contribution in [0.2, 0.25) is 0 Å². The van der Waals surface area contributed by atoms with Crippen molar-refractivity contribution < 1.29 is 23.2 Å². The maximum Gasteiger partial charge on any atom is 0.446 e. The number of hydroxylamine groups is 1. The van der Waals surface area contributed by atoms with Gasteiger partial charge in [0, 0.05) is 42.1 Å². The van der Waals surface area contributed by atoms with Crippen molar-refractivity contribution in [3.05, 3.63) is 42.2 Å². The second-order valence-corrected chi connectivity index (χ2v) is 7.74. The summed E-state index contributed by atoms with van der Waals surface area (Å²) in [6, 6.07) is 6.79. The predicted octanol–water partition coefficient (Wildman–Crippen LogP) is 2.68. The fraction of sp³-hybridized carbons (Fsp3) is 0.353. The van der Waals surface area contributed by atoms with Gasteiger partial charge in [0.1, 0.15) is 0 Å². The van der Waals surface area contributed by atoms with Crippen molar-refractivity contribution in [3.8, 4) is 0 Å². The molecule has 2 bridgehead atoms. The molecule has 0 radical (unpaired) electrons. The van der Waals surface area contributed by atoms with E-state index in [0.717, 1.165) is 12.1 Å². The second-order valence-electron chi connectivity index (χ2n) is 6.61. The minimum Gasteiger partial charge on any atom is -0.365 e. The molecule has 0 saturated carbocycles. The van der Waals surface area contributed by atoms with Crippen LogP contribution in [-0.2, 0) is 0 Å². The van der Waals surface area contributed by atoms with Crippen LogP contribution in [0.1, 0.15) is 16.8 Å². The Morgan fingerprint density at radius 3 is 2.46 bits per heavy atom. The molecular formula is C17H16F3N5O2S. The van der Waals surface area contributed by atoms with Gasteiger partial charge in [-0.15, -0.1) is 0 Å². The van der Waals surface area contributed by atoms with Crippen LogP contribution >= 0.6 is 11.8 Å². The molecule has 2 fully saturated rings. The van der Waals surface area contributed by atoms with Gasteiger partial charge in [0.05, 0.1) is 11.6 Å². The van der Waals surface area contributed by atoms with Gasteiger partial charge in [-0.05, 0) is 36.4 Å². The van der Waals surface area contributed by atoms with E-state index in [2.05, 4.69) is 14.9 Å². The highest BCUT2D eigenvalue weighted by Gasteiger charge is 2.44. The normalized spacial score (nSPS) is 21.3. The Kier molecular flexibility index (Phi) is 4.79. The van der Waals surface area contributed by atoms with Crippen molar-refractivity contribution in [1.82, 2.24) is 15.4 Å². The molecule has 4 rings (SSSR count). The molecule has 11 heteroatoms. The third-order valence-corrected chi connectivity index (χ3v) is 5.60. The van der Waals surface area contributed by atoms with Crippen LogP contribution in [0, 0.1) is 0 Å². The summed E-state index contributed by atoms with van der Waals surface area (Å²) < 4.78 is 37.9. The molecule has 7 nitrogen and oxygen atoms in total. The third-order valence-electron chi connectivity index (χ3n) is 4.88. The Labute approximate surface area is 162 Å². The van der Waals surface area contributed by atoms with E-state index in [1.807, 2.05) is 11.0 Å². The van der Waals surface area contributed by atoms with Gasteiger partial charge in [0.15, 0.2) is 0 Å². The molecule has 2 N–H and O–H groups in total. The summed E-state index contributed by atoms with van der Waals surface area (Å²) in [6.45, 7) is 1.31. The topological polar surface area (TPSA) is 81.6 Å². The second kappa shape index (κ2) is 7.13. The number of halogens is 3. The van der Waals surface area contributed by atoms with Gasteiger partial charge in [0.2, 0.25) is 5.95 Å². The highest BCUT2D eigenvalue weighted by molar-refractivity contribution is 8.00. The number of carbonyl (C=O) groups excluding carboxylic acids is 1. The third kappa shape index (κ3) is 3.72. The largest absolute Gasteiger partial charge is 0.446 e. The summed E-state index contributed by atoms with van der Waals surface area (Å²) in [6.07, 6.45) is 3.55. The molecular weight excluding hydrogens is 395 g/mol. The lowest BCUT2D eigenvalue weighted by atomic mass is 10.2. The van der Waals surface area contributed by atoms with Gasteiger partial charge in [-0.3, -0.25) is 10.0 Å². The molecule has 2 atom stereocenters. The molecule has 0 spiro atoms. The number of fused-ring (bicyclic) bond motifs is 2. The zero-order chi connectivity index (χ0) is 19.9. The number of rotatable bonds is 4. The van der Waals surface area contributed by atoms with E-state index in [9.17, 15) is 18.0 Å². The average molecular weight is 411 g/mol. The molecule has 1 aromatic heterocycles. The smallest absolute Gasteiger partial charge is 0.365 e. The Morgan fingerprint density at radius 2 is 1.86 bits per heavy atom. The highest BCUT2D eigenvalue weighted by Crippen LogP contribution is 2.40. The van der Waals surface area contributed by atoms with E-state index < -0.39 is 11.4 Å². The molecule has 2 aromatic rings. The van der Waals surface area contributed by atoms with Crippen LogP contribution in [0.4, 0.5) is 24.8 Å². The first-order valence-electron chi connectivity index (χ1n) is 8.49. The first-order valence-corrected chi connectivity index (χ1v) is 9.31.